The molecule has 3 aromatic rings. The highest BCUT2D eigenvalue weighted by atomic mass is 32.1. The summed E-state index contributed by atoms with van der Waals surface area (Å²) >= 11 is 1.37. The van der Waals surface area contributed by atoms with Crippen molar-refractivity contribution in [3.63, 3.8) is 0 Å². The Kier molecular flexibility index (Phi) is 5.14. The summed E-state index contributed by atoms with van der Waals surface area (Å²) in [6.07, 6.45) is 2.65. The van der Waals surface area contributed by atoms with Gasteiger partial charge in [0.05, 0.1) is 11.1 Å². The molecule has 0 spiro atoms. The van der Waals surface area contributed by atoms with Crippen LogP contribution in [0.25, 0.3) is 10.8 Å². The van der Waals surface area contributed by atoms with Crippen LogP contribution in [0.5, 0.6) is 5.75 Å². The number of ether oxygens (including phenoxy) is 1. The van der Waals surface area contributed by atoms with Gasteiger partial charge in [-0.2, -0.15) is 0 Å². The van der Waals surface area contributed by atoms with Crippen LogP contribution in [-0.2, 0) is 11.3 Å². The highest BCUT2D eigenvalue weighted by Crippen LogP contribution is 2.23. The molecule has 0 fully saturated rings. The van der Waals surface area contributed by atoms with E-state index in [1.54, 1.807) is 29.0 Å². The van der Waals surface area contributed by atoms with Crippen LogP contribution in [0.15, 0.2) is 40.6 Å². The van der Waals surface area contributed by atoms with Crippen molar-refractivity contribution < 1.29 is 9.53 Å². The second kappa shape index (κ2) is 7.48. The molecule has 0 aliphatic heterocycles. The van der Waals surface area contributed by atoms with Gasteiger partial charge >= 0.3 is 0 Å². The van der Waals surface area contributed by atoms with Crippen molar-refractivity contribution in [3.05, 3.63) is 51.9 Å². The van der Waals surface area contributed by atoms with Crippen molar-refractivity contribution in [3.8, 4) is 5.75 Å². The summed E-state index contributed by atoms with van der Waals surface area (Å²) in [4.78, 5) is 28.7. The molecule has 3 rings (SSSR count). The molecule has 25 heavy (non-hydrogen) atoms. The third-order valence-electron chi connectivity index (χ3n) is 3.67. The predicted octanol–water partition coefficient (Wildman–Crippen LogP) is 3.19. The summed E-state index contributed by atoms with van der Waals surface area (Å²) in [5, 5.41) is 6.40. The molecule has 130 valence electrons. The van der Waals surface area contributed by atoms with Gasteiger partial charge < -0.3 is 9.30 Å². The largest absolute Gasteiger partial charge is 0.483 e. The number of anilines is 1. The average Bonchev–Trinajstić information content (AvgIpc) is 3.00. The molecule has 6 nitrogen and oxygen atoms in total. The van der Waals surface area contributed by atoms with Gasteiger partial charge in [-0.1, -0.05) is 13.0 Å². The molecule has 0 atom stereocenters. The van der Waals surface area contributed by atoms with Crippen LogP contribution in [0.3, 0.4) is 0 Å². The summed E-state index contributed by atoms with van der Waals surface area (Å²) < 4.78 is 7.32. The van der Waals surface area contributed by atoms with Gasteiger partial charge in [-0.25, -0.2) is 4.98 Å². The number of rotatable bonds is 6. The predicted molar refractivity (Wildman–Crippen MR) is 99.5 cm³/mol. The third kappa shape index (κ3) is 3.88. The standard InChI is InChI=1S/C18H19N3O3S/c1-3-8-21-9-7-13-14(17(21)23)5-4-6-15(13)24-10-16(22)20-18-19-12(2)11-25-18/h4-7,9,11H,3,8,10H2,1-2H3,(H,19,20,22). The Labute approximate surface area is 149 Å². The lowest BCUT2D eigenvalue weighted by Gasteiger charge is -2.10. The van der Waals surface area contributed by atoms with E-state index in [9.17, 15) is 9.59 Å². The molecule has 0 saturated carbocycles. The van der Waals surface area contributed by atoms with Crippen molar-refractivity contribution in [2.45, 2.75) is 26.8 Å². The molecule has 0 bridgehead atoms. The first-order valence-electron chi connectivity index (χ1n) is 8.05. The summed E-state index contributed by atoms with van der Waals surface area (Å²) in [6, 6.07) is 7.14. The van der Waals surface area contributed by atoms with Crippen molar-refractivity contribution >= 4 is 33.1 Å². The number of aromatic nitrogens is 2. The Balaban J connectivity index is 1.76. The molecule has 2 aromatic heterocycles. The van der Waals surface area contributed by atoms with Crippen LogP contribution < -0.4 is 15.6 Å². The first-order chi connectivity index (χ1) is 12.1. The Morgan fingerprint density at radius 3 is 2.88 bits per heavy atom. The van der Waals surface area contributed by atoms with Gasteiger partial charge in [0.1, 0.15) is 5.75 Å². The highest BCUT2D eigenvalue weighted by Gasteiger charge is 2.10. The van der Waals surface area contributed by atoms with Gasteiger partial charge in [0.25, 0.3) is 11.5 Å². The summed E-state index contributed by atoms with van der Waals surface area (Å²) in [5.74, 6) is 0.231. The van der Waals surface area contributed by atoms with Crippen molar-refractivity contribution in [2.75, 3.05) is 11.9 Å². The summed E-state index contributed by atoms with van der Waals surface area (Å²) in [5.41, 5.74) is 0.811. The fourth-order valence-corrected chi connectivity index (χ4v) is 3.25. The van der Waals surface area contributed by atoms with E-state index in [-0.39, 0.29) is 18.1 Å². The molecule has 2 heterocycles. The van der Waals surface area contributed by atoms with Gasteiger partial charge in [-0.15, -0.1) is 11.3 Å². The Hall–Kier alpha value is -2.67. The van der Waals surface area contributed by atoms with Crippen molar-refractivity contribution in [1.82, 2.24) is 9.55 Å². The topological polar surface area (TPSA) is 73.2 Å². The number of nitrogens with zero attached hydrogens (tertiary/aromatic N) is 2. The van der Waals surface area contributed by atoms with E-state index in [4.69, 9.17) is 4.74 Å². The Bertz CT molecular complexity index is 962. The molecule has 1 amide bonds. The summed E-state index contributed by atoms with van der Waals surface area (Å²) in [6.45, 7) is 4.42. The lowest BCUT2D eigenvalue weighted by atomic mass is 10.1. The molecule has 7 heteroatoms. The molecule has 1 aromatic carbocycles. The zero-order chi connectivity index (χ0) is 17.8. The zero-order valence-electron chi connectivity index (χ0n) is 14.1. The van der Waals surface area contributed by atoms with Crippen LogP contribution in [0, 0.1) is 6.92 Å². The van der Waals surface area contributed by atoms with E-state index in [0.29, 0.717) is 28.2 Å². The van der Waals surface area contributed by atoms with Crippen LogP contribution in [-0.4, -0.2) is 22.1 Å². The van der Waals surface area contributed by atoms with Gasteiger partial charge in [0.15, 0.2) is 11.7 Å². The smallest absolute Gasteiger partial charge is 0.264 e. The second-order valence-corrected chi connectivity index (χ2v) is 6.52. The SMILES string of the molecule is CCCn1ccc2c(OCC(=O)Nc3nc(C)cs3)cccc2c1=O. The lowest BCUT2D eigenvalue weighted by Crippen LogP contribution is -2.21. The van der Waals surface area contributed by atoms with Crippen LogP contribution in [0.2, 0.25) is 0 Å². The number of thiazole rings is 1. The maximum atomic E-state index is 12.5. The van der Waals surface area contributed by atoms with Crippen molar-refractivity contribution in [2.24, 2.45) is 0 Å². The number of fused-ring (bicyclic) bond motifs is 1. The first-order valence-corrected chi connectivity index (χ1v) is 8.93. The van der Waals surface area contributed by atoms with Gasteiger partial charge in [-0.05, 0) is 31.5 Å². The molecule has 0 aliphatic rings. The molecule has 0 radical (unpaired) electrons. The van der Waals surface area contributed by atoms with Crippen molar-refractivity contribution in [1.29, 1.82) is 0 Å². The lowest BCUT2D eigenvalue weighted by molar-refractivity contribution is -0.118. The molecular formula is C18H19N3O3S. The summed E-state index contributed by atoms with van der Waals surface area (Å²) in [7, 11) is 0. The number of hydrogen-bond acceptors (Lipinski definition) is 5. The molecular weight excluding hydrogens is 338 g/mol. The van der Waals surface area contributed by atoms with E-state index in [1.165, 1.54) is 11.3 Å². The Morgan fingerprint density at radius 1 is 1.32 bits per heavy atom. The minimum absolute atomic E-state index is 0.0486. The van der Waals surface area contributed by atoms with Gasteiger partial charge in [-0.3, -0.25) is 14.9 Å². The number of carbonyl (C=O) groups excluding carboxylic acids is 1. The number of hydrogen-bond donors (Lipinski definition) is 1. The first kappa shape index (κ1) is 17.2. The number of amides is 1. The normalized spacial score (nSPS) is 10.8. The van der Waals surface area contributed by atoms with Crippen LogP contribution in [0.4, 0.5) is 5.13 Å². The number of pyridine rings is 1. The monoisotopic (exact) mass is 357 g/mol. The number of aryl methyl sites for hydroxylation is 2. The fraction of sp³-hybridized carbons (Fsp3) is 0.278. The maximum Gasteiger partial charge on any atom is 0.264 e. The minimum Gasteiger partial charge on any atom is -0.483 e. The Morgan fingerprint density at radius 2 is 2.16 bits per heavy atom. The molecule has 0 aliphatic carbocycles. The molecule has 1 N–H and O–H groups in total. The van der Waals surface area contributed by atoms with Crippen LogP contribution in [0.1, 0.15) is 19.0 Å². The van der Waals surface area contributed by atoms with E-state index >= 15 is 0 Å². The van der Waals surface area contributed by atoms with Gasteiger partial charge in [0.2, 0.25) is 0 Å². The molecule has 0 unspecified atom stereocenters. The van der Waals surface area contributed by atoms with E-state index in [0.717, 1.165) is 12.1 Å². The van der Waals surface area contributed by atoms with E-state index in [2.05, 4.69) is 10.3 Å². The van der Waals surface area contributed by atoms with E-state index in [1.807, 2.05) is 25.3 Å². The second-order valence-electron chi connectivity index (χ2n) is 5.66. The quantitative estimate of drug-likeness (QED) is 0.735. The zero-order valence-corrected chi connectivity index (χ0v) is 14.9. The third-order valence-corrected chi connectivity index (χ3v) is 4.54. The minimum atomic E-state index is -0.286. The van der Waals surface area contributed by atoms with Crippen LogP contribution >= 0.6 is 11.3 Å². The maximum absolute atomic E-state index is 12.5. The number of benzene rings is 1. The number of carbonyl (C=O) groups is 1. The number of nitrogens with one attached hydrogen (secondary N) is 1. The average molecular weight is 357 g/mol. The van der Waals surface area contributed by atoms with E-state index < -0.39 is 0 Å². The van der Waals surface area contributed by atoms with Gasteiger partial charge in [0, 0.05) is 23.5 Å². The fourth-order valence-electron chi connectivity index (χ4n) is 2.54. The highest BCUT2D eigenvalue weighted by molar-refractivity contribution is 7.13. The molecule has 0 saturated heterocycles.